The van der Waals surface area contributed by atoms with E-state index in [2.05, 4.69) is 12.2 Å². The van der Waals surface area contributed by atoms with Gasteiger partial charge >= 0.3 is 12.1 Å². The Morgan fingerprint density at radius 1 is 0.809 bits per heavy atom. The highest BCUT2D eigenvalue weighted by molar-refractivity contribution is 6.06. The molecule has 1 amide bonds. The Kier molecular flexibility index (Phi) is 17.0. The fourth-order valence-electron chi connectivity index (χ4n) is 5.22. The minimum atomic E-state index is -4.40. The third kappa shape index (κ3) is 13.0. The summed E-state index contributed by atoms with van der Waals surface area (Å²) in [5.41, 5.74) is 1.21. The number of benzene rings is 3. The Bertz CT molecular complexity index is 1360. The van der Waals surface area contributed by atoms with Crippen LogP contribution in [0.5, 0.6) is 5.75 Å². The number of carbonyl (C=O) groups excluding carboxylic acids is 2. The number of quaternary nitrogens is 1. The molecule has 0 bridgehead atoms. The summed E-state index contributed by atoms with van der Waals surface area (Å²) in [7, 11) is 1.00. The smallest absolute Gasteiger partial charge is 0.416 e. The van der Waals surface area contributed by atoms with Gasteiger partial charge in [0, 0.05) is 18.4 Å². The Hall–Kier alpha value is -3.89. The molecule has 0 aromatic heterocycles. The summed E-state index contributed by atoms with van der Waals surface area (Å²) < 4.78 is 51.5. The van der Waals surface area contributed by atoms with E-state index in [1.54, 1.807) is 48.5 Å². The first-order valence-electron chi connectivity index (χ1n) is 16.4. The van der Waals surface area contributed by atoms with Gasteiger partial charge in [0.2, 0.25) is 0 Å². The molecule has 0 heterocycles. The maximum atomic E-state index is 13.2. The molecule has 10 heteroatoms. The van der Waals surface area contributed by atoms with Crippen LogP contribution < -0.4 is 10.1 Å². The molecule has 0 spiro atoms. The fourth-order valence-corrected chi connectivity index (χ4v) is 5.22. The maximum Gasteiger partial charge on any atom is 0.416 e. The number of carbonyl (C=O) groups is 2. The minimum absolute atomic E-state index is 0.119. The number of ether oxygens (including phenoxy) is 2. The number of rotatable bonds is 18. The average molecular weight is 660 g/mol. The van der Waals surface area contributed by atoms with Crippen LogP contribution in [0.3, 0.4) is 0 Å². The van der Waals surface area contributed by atoms with Crippen molar-refractivity contribution < 1.29 is 41.8 Å². The van der Waals surface area contributed by atoms with E-state index >= 15 is 0 Å². The lowest BCUT2D eigenvalue weighted by molar-refractivity contribution is -0.937. The Morgan fingerprint density at radius 3 is 2.13 bits per heavy atom. The summed E-state index contributed by atoms with van der Waals surface area (Å²) in [5.74, 6) is -0.283. The lowest BCUT2D eigenvalue weighted by Gasteiger charge is -2.37. The quantitative estimate of drug-likeness (QED) is 0.0813. The highest BCUT2D eigenvalue weighted by atomic mass is 19.4. The number of hydrogen-bond acceptors (Lipinski definition) is 5. The molecule has 0 unspecified atom stereocenters. The second-order valence-electron chi connectivity index (χ2n) is 11.3. The average Bonchev–Trinajstić information content (AvgIpc) is 3.08. The third-order valence-corrected chi connectivity index (χ3v) is 8.18. The number of alkyl halides is 3. The van der Waals surface area contributed by atoms with Crippen LogP contribution in [0, 0.1) is 0 Å². The van der Waals surface area contributed by atoms with Gasteiger partial charge in [-0.1, -0.05) is 63.3 Å². The van der Waals surface area contributed by atoms with Crippen molar-refractivity contribution in [2.24, 2.45) is 0 Å². The van der Waals surface area contributed by atoms with Crippen LogP contribution in [0.25, 0.3) is 0 Å². The van der Waals surface area contributed by atoms with Crippen molar-refractivity contribution >= 4 is 17.6 Å². The monoisotopic (exact) mass is 659 g/mol. The molecule has 3 aromatic rings. The van der Waals surface area contributed by atoms with Crippen molar-refractivity contribution in [3.63, 3.8) is 0 Å². The van der Waals surface area contributed by atoms with Crippen molar-refractivity contribution in [1.82, 2.24) is 0 Å². The number of anilines is 1. The lowest BCUT2D eigenvalue weighted by Crippen LogP contribution is -2.49. The molecule has 0 saturated carbocycles. The summed E-state index contributed by atoms with van der Waals surface area (Å²) in [6, 6.07) is 19.0. The van der Waals surface area contributed by atoms with Crippen LogP contribution in [0.15, 0.2) is 72.8 Å². The van der Waals surface area contributed by atoms with Crippen LogP contribution in [0.4, 0.5) is 18.9 Å². The van der Waals surface area contributed by atoms with Crippen LogP contribution in [0.1, 0.15) is 91.1 Å². The van der Waals surface area contributed by atoms with Gasteiger partial charge in [0.25, 0.3) is 5.91 Å². The van der Waals surface area contributed by atoms with E-state index < -0.39 is 17.7 Å². The molecule has 0 fully saturated rings. The summed E-state index contributed by atoms with van der Waals surface area (Å²) >= 11 is 0. The molecule has 3 rings (SSSR count). The summed E-state index contributed by atoms with van der Waals surface area (Å²) in [6.07, 6.45) is 2.51. The molecule has 3 aromatic carbocycles. The summed E-state index contributed by atoms with van der Waals surface area (Å²) in [4.78, 5) is 25.8. The highest BCUT2D eigenvalue weighted by Crippen LogP contribution is 2.30. The molecule has 0 aliphatic carbocycles. The fraction of sp³-hybridized carbons (Fsp3) is 0.459. The van der Waals surface area contributed by atoms with Gasteiger partial charge in [0.15, 0.2) is 0 Å². The van der Waals surface area contributed by atoms with E-state index in [0.717, 1.165) is 26.0 Å². The van der Waals surface area contributed by atoms with Gasteiger partial charge in [-0.3, -0.25) is 4.79 Å². The van der Waals surface area contributed by atoms with Gasteiger partial charge < -0.3 is 24.4 Å². The first-order chi connectivity index (χ1) is 22.6. The number of halogens is 3. The Morgan fingerprint density at radius 2 is 1.47 bits per heavy atom. The molecule has 0 aliphatic heterocycles. The second-order valence-corrected chi connectivity index (χ2v) is 11.3. The zero-order valence-corrected chi connectivity index (χ0v) is 28.1. The number of aliphatic hydroxyl groups is 1. The third-order valence-electron chi connectivity index (χ3n) is 8.18. The number of nitrogens with one attached hydrogen (secondary N) is 1. The van der Waals surface area contributed by atoms with Gasteiger partial charge in [-0.25, -0.2) is 4.79 Å². The van der Waals surface area contributed by atoms with Crippen LogP contribution in [-0.4, -0.2) is 61.4 Å². The summed E-state index contributed by atoms with van der Waals surface area (Å²) in [6.45, 7) is 9.02. The number of likely N-dealkylation sites (N-methyl/N-ethyl adjacent to an activating group) is 1. The zero-order chi connectivity index (χ0) is 34.7. The molecule has 0 radical (unpaired) electrons. The standard InChI is InChI=1S/C36H45F3N2O4.CH4O/c1-4-7-8-9-10-13-24-44-33-18-12-11-17-32(33)34(42)40-31-21-19-29(20-22-31)35(43)45-25-23-41(5-2,6-3)27-28-15-14-16-30(26-28)36(37,38)39;1-2/h11-12,14-22,26H,4-10,13,23-25,27H2,1-3H3;2H,1H3/p+1. The molecule has 0 aliphatic rings. The minimum Gasteiger partial charge on any atom is -0.493 e. The molecular formula is C37H50F3N2O5+. The predicted octanol–water partition coefficient (Wildman–Crippen LogP) is 8.52. The van der Waals surface area contributed by atoms with Crippen molar-refractivity contribution in [1.29, 1.82) is 0 Å². The highest BCUT2D eigenvalue weighted by Gasteiger charge is 2.32. The van der Waals surface area contributed by atoms with Crippen LogP contribution >= 0.6 is 0 Å². The van der Waals surface area contributed by atoms with E-state index in [4.69, 9.17) is 14.6 Å². The van der Waals surface area contributed by atoms with Crippen LogP contribution in [-0.2, 0) is 17.5 Å². The number of nitrogens with zero attached hydrogens (tertiary/aromatic N) is 1. The van der Waals surface area contributed by atoms with E-state index in [9.17, 15) is 22.8 Å². The SMILES string of the molecule is CCCCCCCCOc1ccccc1C(=O)Nc1ccc(C(=O)OCC[N+](CC)(CC)Cc2cccc(C(F)(F)F)c2)cc1.CO. The lowest BCUT2D eigenvalue weighted by atomic mass is 10.1. The normalized spacial score (nSPS) is 11.3. The molecule has 2 N–H and O–H groups in total. The van der Waals surface area contributed by atoms with E-state index in [1.165, 1.54) is 37.8 Å². The first kappa shape index (κ1) is 39.3. The Balaban J connectivity index is 0.00000376. The number of aliphatic hydroxyl groups excluding tert-OH is 1. The predicted molar refractivity (Wildman–Crippen MR) is 179 cm³/mol. The van der Waals surface area contributed by atoms with Crippen molar-refractivity contribution in [2.75, 3.05) is 45.3 Å². The van der Waals surface area contributed by atoms with Gasteiger partial charge in [-0.15, -0.1) is 0 Å². The number of amides is 1. The maximum absolute atomic E-state index is 13.2. The zero-order valence-electron chi connectivity index (χ0n) is 28.1. The number of unbranched alkanes of at least 4 members (excludes halogenated alkanes) is 5. The number of hydrogen-bond donors (Lipinski definition) is 2. The van der Waals surface area contributed by atoms with E-state index in [1.807, 2.05) is 19.9 Å². The largest absolute Gasteiger partial charge is 0.493 e. The van der Waals surface area contributed by atoms with Crippen molar-refractivity contribution in [3.05, 3.63) is 95.1 Å². The van der Waals surface area contributed by atoms with E-state index in [-0.39, 0.29) is 12.5 Å². The van der Waals surface area contributed by atoms with Gasteiger partial charge in [-0.05, 0) is 68.8 Å². The number of para-hydroxylation sites is 1. The second kappa shape index (κ2) is 20.4. The van der Waals surface area contributed by atoms with Crippen molar-refractivity contribution in [2.45, 2.75) is 72.0 Å². The van der Waals surface area contributed by atoms with E-state index in [0.29, 0.717) is 65.4 Å². The molecule has 7 nitrogen and oxygen atoms in total. The topological polar surface area (TPSA) is 84.9 Å². The molecule has 258 valence electrons. The summed E-state index contributed by atoms with van der Waals surface area (Å²) in [5, 5.41) is 9.86. The van der Waals surface area contributed by atoms with Gasteiger partial charge in [0.1, 0.15) is 25.4 Å². The van der Waals surface area contributed by atoms with Gasteiger partial charge in [-0.2, -0.15) is 13.2 Å². The van der Waals surface area contributed by atoms with Crippen molar-refractivity contribution in [3.8, 4) is 5.75 Å². The van der Waals surface area contributed by atoms with Gasteiger partial charge in [0.05, 0.1) is 36.4 Å². The van der Waals surface area contributed by atoms with Crippen LogP contribution in [0.2, 0.25) is 0 Å². The Labute approximate surface area is 277 Å². The first-order valence-corrected chi connectivity index (χ1v) is 16.4. The molecule has 47 heavy (non-hydrogen) atoms. The molecular weight excluding hydrogens is 609 g/mol. The number of esters is 1. The molecule has 0 atom stereocenters. The molecule has 0 saturated heterocycles.